The van der Waals surface area contributed by atoms with Gasteiger partial charge in [0.2, 0.25) is 0 Å². The average molecular weight is 281 g/mol. The number of halogens is 1. The predicted molar refractivity (Wildman–Crippen MR) is 58.1 cm³/mol. The lowest BCUT2D eigenvalue weighted by atomic mass is 10.3. The van der Waals surface area contributed by atoms with Crippen LogP contribution < -0.4 is 5.11 Å². The molecule has 2 rings (SSSR count). The van der Waals surface area contributed by atoms with E-state index in [1.54, 1.807) is 6.92 Å². The van der Waals surface area contributed by atoms with Crippen LogP contribution in [0, 0.1) is 6.92 Å². The molecular formula is C10H7BrN3O2-. The van der Waals surface area contributed by atoms with Crippen LogP contribution >= 0.6 is 15.9 Å². The highest BCUT2D eigenvalue weighted by Gasteiger charge is 2.10. The van der Waals surface area contributed by atoms with Gasteiger partial charge in [-0.05, 0) is 25.1 Å². The van der Waals surface area contributed by atoms with Gasteiger partial charge in [-0.15, -0.1) is 5.10 Å². The molecule has 0 fully saturated rings. The van der Waals surface area contributed by atoms with Gasteiger partial charge in [0.15, 0.2) is 0 Å². The smallest absolute Gasteiger partial charge is 0.131 e. The number of carbonyl (C=O) groups is 1. The molecule has 0 aliphatic heterocycles. The predicted octanol–water partition coefficient (Wildman–Crippen LogP) is 0.702. The Kier molecular flexibility index (Phi) is 2.74. The van der Waals surface area contributed by atoms with Crippen LogP contribution in [0.25, 0.3) is 5.69 Å². The van der Waals surface area contributed by atoms with Gasteiger partial charge in [0.1, 0.15) is 5.69 Å². The molecule has 0 saturated heterocycles. The van der Waals surface area contributed by atoms with Crippen molar-refractivity contribution in [3.8, 4) is 5.69 Å². The van der Waals surface area contributed by atoms with Crippen molar-refractivity contribution in [1.29, 1.82) is 0 Å². The molecule has 5 nitrogen and oxygen atoms in total. The van der Waals surface area contributed by atoms with Crippen molar-refractivity contribution in [3.05, 3.63) is 40.1 Å². The maximum absolute atomic E-state index is 10.7. The van der Waals surface area contributed by atoms with Crippen molar-refractivity contribution in [2.75, 3.05) is 0 Å². The topological polar surface area (TPSA) is 70.8 Å². The van der Waals surface area contributed by atoms with Crippen LogP contribution in [0.5, 0.6) is 0 Å². The van der Waals surface area contributed by atoms with Gasteiger partial charge in [0.05, 0.1) is 17.4 Å². The number of hydrogen-bond acceptors (Lipinski definition) is 4. The Hall–Kier alpha value is -1.69. The Morgan fingerprint density at radius 1 is 1.50 bits per heavy atom. The molecular weight excluding hydrogens is 274 g/mol. The number of carboxylic acids is 1. The minimum atomic E-state index is -1.32. The maximum atomic E-state index is 10.7. The Bertz CT molecular complexity index is 551. The number of hydrogen-bond donors (Lipinski definition) is 0. The number of benzene rings is 1. The average Bonchev–Trinajstić information content (AvgIpc) is 2.60. The number of carboxylic acid groups (broad SMARTS) is 1. The third kappa shape index (κ3) is 1.83. The molecule has 2 aromatic rings. The fraction of sp³-hybridized carbons (Fsp3) is 0.100. The van der Waals surface area contributed by atoms with Crippen LogP contribution in [0.2, 0.25) is 0 Å². The van der Waals surface area contributed by atoms with Gasteiger partial charge in [0, 0.05) is 4.47 Å². The monoisotopic (exact) mass is 280 g/mol. The summed E-state index contributed by atoms with van der Waals surface area (Å²) in [5.74, 6) is -1.32. The Balaban J connectivity index is 2.53. The van der Waals surface area contributed by atoms with E-state index in [1.165, 1.54) is 4.68 Å². The van der Waals surface area contributed by atoms with E-state index < -0.39 is 5.97 Å². The quantitative estimate of drug-likeness (QED) is 0.812. The lowest BCUT2D eigenvalue weighted by Crippen LogP contribution is -2.23. The Labute approximate surface area is 99.8 Å². The van der Waals surface area contributed by atoms with Gasteiger partial charge in [-0.3, -0.25) is 0 Å². The highest BCUT2D eigenvalue weighted by atomic mass is 79.9. The van der Waals surface area contributed by atoms with E-state index in [2.05, 4.69) is 26.2 Å². The van der Waals surface area contributed by atoms with Crippen LogP contribution in [0.1, 0.15) is 16.2 Å². The fourth-order valence-corrected chi connectivity index (χ4v) is 1.76. The molecule has 0 spiro atoms. The van der Waals surface area contributed by atoms with E-state index in [4.69, 9.17) is 0 Å². The molecule has 6 heteroatoms. The van der Waals surface area contributed by atoms with E-state index in [-0.39, 0.29) is 5.69 Å². The molecule has 0 atom stereocenters. The third-order valence-electron chi connectivity index (χ3n) is 2.14. The Morgan fingerprint density at radius 3 is 2.81 bits per heavy atom. The van der Waals surface area contributed by atoms with Crippen LogP contribution in [-0.2, 0) is 0 Å². The zero-order chi connectivity index (χ0) is 11.7. The molecule has 0 aliphatic carbocycles. The van der Waals surface area contributed by atoms with Gasteiger partial charge in [-0.25, -0.2) is 4.68 Å². The SMILES string of the molecule is Cc1c(C(=O)[O-])nnn1-c1cccc(Br)c1. The zero-order valence-corrected chi connectivity index (χ0v) is 9.93. The van der Waals surface area contributed by atoms with Gasteiger partial charge in [-0.2, -0.15) is 0 Å². The van der Waals surface area contributed by atoms with Crippen molar-refractivity contribution in [1.82, 2.24) is 15.0 Å². The van der Waals surface area contributed by atoms with Crippen molar-refractivity contribution >= 4 is 21.9 Å². The number of carbonyl (C=O) groups excluding carboxylic acids is 1. The summed E-state index contributed by atoms with van der Waals surface area (Å²) in [5.41, 5.74) is 1.05. The van der Waals surface area contributed by atoms with E-state index >= 15 is 0 Å². The third-order valence-corrected chi connectivity index (χ3v) is 2.63. The normalized spacial score (nSPS) is 10.4. The molecule has 0 amide bonds. The fourth-order valence-electron chi connectivity index (χ4n) is 1.37. The molecule has 0 saturated carbocycles. The van der Waals surface area contributed by atoms with Crippen molar-refractivity contribution in [3.63, 3.8) is 0 Å². The second-order valence-electron chi connectivity index (χ2n) is 3.20. The summed E-state index contributed by atoms with van der Waals surface area (Å²) in [6, 6.07) is 7.33. The first-order valence-corrected chi connectivity index (χ1v) is 5.28. The summed E-state index contributed by atoms with van der Waals surface area (Å²) in [4.78, 5) is 10.7. The number of nitrogens with zero attached hydrogens (tertiary/aromatic N) is 3. The molecule has 1 aromatic heterocycles. The Morgan fingerprint density at radius 2 is 2.25 bits per heavy atom. The molecule has 0 radical (unpaired) electrons. The van der Waals surface area contributed by atoms with E-state index in [0.717, 1.165) is 10.2 Å². The first kappa shape index (κ1) is 10.8. The second-order valence-corrected chi connectivity index (χ2v) is 4.12. The van der Waals surface area contributed by atoms with E-state index in [9.17, 15) is 9.90 Å². The highest BCUT2D eigenvalue weighted by molar-refractivity contribution is 9.10. The van der Waals surface area contributed by atoms with Gasteiger partial charge in [0.25, 0.3) is 0 Å². The molecule has 16 heavy (non-hydrogen) atoms. The minimum absolute atomic E-state index is 0.139. The molecule has 1 heterocycles. The van der Waals surface area contributed by atoms with E-state index in [0.29, 0.717) is 5.69 Å². The number of aromatic carboxylic acids is 1. The van der Waals surface area contributed by atoms with Crippen molar-refractivity contribution in [2.24, 2.45) is 0 Å². The molecule has 0 N–H and O–H groups in total. The molecule has 1 aromatic carbocycles. The molecule has 0 aliphatic rings. The standard InChI is InChI=1S/C10H8BrN3O2/c1-6-9(10(15)16)12-13-14(6)8-4-2-3-7(11)5-8/h2-5H,1H3,(H,15,16)/p-1. The number of rotatable bonds is 2. The summed E-state index contributed by atoms with van der Waals surface area (Å²) in [6.45, 7) is 1.63. The van der Waals surface area contributed by atoms with Crippen molar-refractivity contribution < 1.29 is 9.90 Å². The summed E-state index contributed by atoms with van der Waals surface area (Å²) < 4.78 is 2.34. The van der Waals surface area contributed by atoms with Crippen LogP contribution in [0.4, 0.5) is 0 Å². The summed E-state index contributed by atoms with van der Waals surface area (Å²) in [7, 11) is 0. The largest absolute Gasteiger partial charge is 0.543 e. The zero-order valence-electron chi connectivity index (χ0n) is 8.35. The number of aromatic nitrogens is 3. The van der Waals surface area contributed by atoms with Crippen LogP contribution in [0.3, 0.4) is 0 Å². The van der Waals surface area contributed by atoms with Crippen LogP contribution in [0.15, 0.2) is 28.7 Å². The minimum Gasteiger partial charge on any atom is -0.543 e. The summed E-state index contributed by atoms with van der Waals surface area (Å²) in [6.07, 6.45) is 0. The van der Waals surface area contributed by atoms with Gasteiger partial charge < -0.3 is 9.90 Å². The lowest BCUT2D eigenvalue weighted by Gasteiger charge is -2.04. The lowest BCUT2D eigenvalue weighted by molar-refractivity contribution is -0.255. The molecule has 0 unspecified atom stereocenters. The van der Waals surface area contributed by atoms with Gasteiger partial charge in [-0.1, -0.05) is 27.2 Å². The van der Waals surface area contributed by atoms with E-state index in [1.807, 2.05) is 24.3 Å². The maximum Gasteiger partial charge on any atom is 0.131 e. The first-order chi connectivity index (χ1) is 7.59. The summed E-state index contributed by atoms with van der Waals surface area (Å²) in [5, 5.41) is 18.0. The second kappa shape index (κ2) is 4.05. The first-order valence-electron chi connectivity index (χ1n) is 4.49. The summed E-state index contributed by atoms with van der Waals surface area (Å²) >= 11 is 3.33. The molecule has 82 valence electrons. The van der Waals surface area contributed by atoms with Crippen LogP contribution in [-0.4, -0.2) is 21.0 Å². The molecule has 0 bridgehead atoms. The highest BCUT2D eigenvalue weighted by Crippen LogP contribution is 2.16. The van der Waals surface area contributed by atoms with Crippen molar-refractivity contribution in [2.45, 2.75) is 6.92 Å². The van der Waals surface area contributed by atoms with Gasteiger partial charge >= 0.3 is 0 Å².